The lowest BCUT2D eigenvalue weighted by molar-refractivity contribution is 0.107. The van der Waals surface area contributed by atoms with E-state index in [2.05, 4.69) is 22.5 Å². The van der Waals surface area contributed by atoms with Crippen LogP contribution in [0.2, 0.25) is 0 Å². The summed E-state index contributed by atoms with van der Waals surface area (Å²) in [5.74, 6) is 1.66. The van der Waals surface area contributed by atoms with Crippen LogP contribution in [-0.2, 0) is 24.3 Å². The molecule has 7 heteroatoms. The van der Waals surface area contributed by atoms with Crippen LogP contribution < -0.4 is 20.3 Å². The van der Waals surface area contributed by atoms with E-state index < -0.39 is 0 Å². The molecule has 0 atom stereocenters. The molecule has 1 aliphatic carbocycles. The first-order valence-electron chi connectivity index (χ1n) is 10.6. The highest BCUT2D eigenvalue weighted by molar-refractivity contribution is 5.43. The van der Waals surface area contributed by atoms with Gasteiger partial charge in [0.2, 0.25) is 0 Å². The van der Waals surface area contributed by atoms with Gasteiger partial charge < -0.3 is 19.5 Å². The minimum absolute atomic E-state index is 0.00179. The number of hydrogen-bond donors (Lipinski definition) is 1. The number of hydrogen-bond acceptors (Lipinski definition) is 6. The van der Waals surface area contributed by atoms with Crippen LogP contribution in [0, 0.1) is 0 Å². The van der Waals surface area contributed by atoms with Crippen molar-refractivity contribution in [3.8, 4) is 11.5 Å². The Hall–Kier alpha value is -2.38. The van der Waals surface area contributed by atoms with Crippen molar-refractivity contribution in [3.63, 3.8) is 0 Å². The van der Waals surface area contributed by atoms with Crippen LogP contribution >= 0.6 is 0 Å². The summed E-state index contributed by atoms with van der Waals surface area (Å²) in [6.45, 7) is 3.23. The monoisotopic (exact) mass is 397 g/mol. The zero-order chi connectivity index (χ0) is 19.6. The molecule has 1 aromatic heterocycles. The maximum atomic E-state index is 12.5. The number of aromatic nitrogens is 2. The second kappa shape index (κ2) is 8.16. The minimum atomic E-state index is 0.00179. The molecule has 0 unspecified atom stereocenters. The predicted octanol–water partition coefficient (Wildman–Crippen LogP) is 2.36. The molecule has 29 heavy (non-hydrogen) atoms. The molecule has 1 saturated carbocycles. The fourth-order valence-electron chi connectivity index (χ4n) is 4.47. The van der Waals surface area contributed by atoms with Crippen molar-refractivity contribution in [1.29, 1.82) is 0 Å². The van der Waals surface area contributed by atoms with Crippen molar-refractivity contribution < 1.29 is 14.2 Å². The van der Waals surface area contributed by atoms with E-state index in [1.54, 1.807) is 10.7 Å². The average molecular weight is 397 g/mol. The van der Waals surface area contributed by atoms with Crippen molar-refractivity contribution >= 4 is 0 Å². The van der Waals surface area contributed by atoms with Crippen LogP contribution in [0.3, 0.4) is 0 Å². The van der Waals surface area contributed by atoms with Crippen LogP contribution in [0.15, 0.2) is 29.1 Å². The smallest absolute Gasteiger partial charge is 0.267 e. The van der Waals surface area contributed by atoms with Crippen LogP contribution in [0.1, 0.15) is 48.5 Å². The first-order chi connectivity index (χ1) is 14.3. The molecule has 0 saturated heterocycles. The van der Waals surface area contributed by atoms with Gasteiger partial charge in [0.1, 0.15) is 13.2 Å². The fourth-order valence-corrected chi connectivity index (χ4v) is 4.47. The molecule has 0 bridgehead atoms. The zero-order valence-electron chi connectivity index (χ0n) is 16.6. The van der Waals surface area contributed by atoms with E-state index in [0.717, 1.165) is 61.4 Å². The summed E-state index contributed by atoms with van der Waals surface area (Å²) in [7, 11) is 0. The van der Waals surface area contributed by atoms with Crippen LogP contribution in [0.25, 0.3) is 0 Å². The summed E-state index contributed by atoms with van der Waals surface area (Å²) in [5, 5.41) is 8.33. The standard InChI is InChI=1S/C22H27N3O4/c26-22-12-16-14-27-8-7-19(16)24-25(22)18-4-2-17(3-5-18)23-13-15-1-6-20-21(11-15)29-10-9-28-20/h1,6,11-12,17-18,23H,2-5,7-10,13-14H2. The molecule has 1 fully saturated rings. The summed E-state index contributed by atoms with van der Waals surface area (Å²) in [4.78, 5) is 12.5. The Balaban J connectivity index is 1.17. The predicted molar refractivity (Wildman–Crippen MR) is 107 cm³/mol. The molecule has 0 spiro atoms. The van der Waals surface area contributed by atoms with E-state index in [4.69, 9.17) is 14.2 Å². The molecule has 2 aliphatic heterocycles. The zero-order valence-corrected chi connectivity index (χ0v) is 16.6. The maximum absolute atomic E-state index is 12.5. The maximum Gasteiger partial charge on any atom is 0.267 e. The van der Waals surface area contributed by atoms with Crippen molar-refractivity contribution in [1.82, 2.24) is 15.1 Å². The van der Waals surface area contributed by atoms with Crippen molar-refractivity contribution in [3.05, 3.63) is 51.4 Å². The summed E-state index contributed by atoms with van der Waals surface area (Å²) in [6.07, 6.45) is 4.83. The van der Waals surface area contributed by atoms with Gasteiger partial charge >= 0.3 is 0 Å². The first-order valence-corrected chi connectivity index (χ1v) is 10.6. The SMILES string of the molecule is O=c1cc2c(nn1C1CCC(NCc3ccc4c(c3)OCCO4)CC1)CCOC2. The van der Waals surface area contributed by atoms with E-state index in [1.165, 1.54) is 5.56 Å². The summed E-state index contributed by atoms with van der Waals surface area (Å²) < 4.78 is 18.4. The third-order valence-corrected chi connectivity index (χ3v) is 6.11. The highest BCUT2D eigenvalue weighted by Crippen LogP contribution is 2.31. The molecule has 2 aromatic rings. The Morgan fingerprint density at radius 3 is 2.72 bits per heavy atom. The van der Waals surface area contributed by atoms with Gasteiger partial charge in [0.15, 0.2) is 11.5 Å². The lowest BCUT2D eigenvalue weighted by atomic mass is 9.91. The van der Waals surface area contributed by atoms with Crippen molar-refractivity contribution in [2.24, 2.45) is 0 Å². The fraction of sp³-hybridized carbons (Fsp3) is 0.545. The van der Waals surface area contributed by atoms with Gasteiger partial charge in [-0.3, -0.25) is 4.79 Å². The van der Waals surface area contributed by atoms with Gasteiger partial charge in [-0.2, -0.15) is 5.10 Å². The van der Waals surface area contributed by atoms with Gasteiger partial charge in [-0.05, 0) is 43.4 Å². The van der Waals surface area contributed by atoms with Crippen LogP contribution in [0.5, 0.6) is 11.5 Å². The van der Waals surface area contributed by atoms with Gasteiger partial charge in [0.25, 0.3) is 5.56 Å². The lowest BCUT2D eigenvalue weighted by Gasteiger charge is -2.30. The molecule has 1 aromatic carbocycles. The number of fused-ring (bicyclic) bond motifs is 2. The molecule has 0 radical (unpaired) electrons. The highest BCUT2D eigenvalue weighted by atomic mass is 16.6. The molecule has 7 nitrogen and oxygen atoms in total. The van der Waals surface area contributed by atoms with Gasteiger partial charge in [0.05, 0.1) is 24.9 Å². The van der Waals surface area contributed by atoms with E-state index in [0.29, 0.717) is 32.5 Å². The van der Waals surface area contributed by atoms with E-state index in [9.17, 15) is 4.79 Å². The summed E-state index contributed by atoms with van der Waals surface area (Å²) in [6, 6.07) is 8.51. The second-order valence-electron chi connectivity index (χ2n) is 8.07. The molecule has 0 amide bonds. The Morgan fingerprint density at radius 1 is 1.03 bits per heavy atom. The third kappa shape index (κ3) is 4.02. The summed E-state index contributed by atoms with van der Waals surface area (Å²) >= 11 is 0. The quantitative estimate of drug-likeness (QED) is 0.854. The topological polar surface area (TPSA) is 74.6 Å². The Morgan fingerprint density at radius 2 is 1.86 bits per heavy atom. The number of benzene rings is 1. The molecule has 3 aliphatic rings. The number of nitrogens with zero attached hydrogens (tertiary/aromatic N) is 2. The Bertz CT molecular complexity index is 934. The van der Waals surface area contributed by atoms with Crippen LogP contribution in [0.4, 0.5) is 0 Å². The normalized spacial score (nSPS) is 23.4. The lowest BCUT2D eigenvalue weighted by Crippen LogP contribution is -2.37. The Labute approximate surface area is 170 Å². The summed E-state index contributed by atoms with van der Waals surface area (Å²) in [5.41, 5.74) is 3.18. The van der Waals surface area contributed by atoms with Crippen LogP contribution in [-0.4, -0.2) is 35.6 Å². The highest BCUT2D eigenvalue weighted by Gasteiger charge is 2.25. The van der Waals surface area contributed by atoms with Gasteiger partial charge in [-0.25, -0.2) is 4.68 Å². The third-order valence-electron chi connectivity index (χ3n) is 6.11. The van der Waals surface area contributed by atoms with Gasteiger partial charge in [-0.15, -0.1) is 0 Å². The molecular formula is C22H27N3O4. The molecule has 3 heterocycles. The Kier molecular flexibility index (Phi) is 5.24. The van der Waals surface area contributed by atoms with Crippen molar-refractivity contribution in [2.75, 3.05) is 19.8 Å². The second-order valence-corrected chi connectivity index (χ2v) is 8.07. The number of nitrogens with one attached hydrogen (secondary N) is 1. The van der Waals surface area contributed by atoms with Gasteiger partial charge in [-0.1, -0.05) is 6.07 Å². The molecule has 1 N–H and O–H groups in total. The van der Waals surface area contributed by atoms with E-state index >= 15 is 0 Å². The van der Waals surface area contributed by atoms with E-state index in [-0.39, 0.29) is 11.6 Å². The number of rotatable bonds is 4. The largest absolute Gasteiger partial charge is 0.486 e. The molecular weight excluding hydrogens is 370 g/mol. The first kappa shape index (κ1) is 18.6. The van der Waals surface area contributed by atoms with Gasteiger partial charge in [0, 0.05) is 30.6 Å². The molecule has 5 rings (SSSR count). The number of ether oxygens (including phenoxy) is 3. The van der Waals surface area contributed by atoms with Crippen molar-refractivity contribution in [2.45, 2.75) is 57.3 Å². The average Bonchev–Trinajstić information content (AvgIpc) is 2.77. The molecule has 154 valence electrons. The minimum Gasteiger partial charge on any atom is -0.486 e. The van der Waals surface area contributed by atoms with E-state index in [1.807, 2.05) is 6.07 Å².